The number of hydrogen-bond donors (Lipinski definition) is 1. The van der Waals surface area contributed by atoms with Gasteiger partial charge in [-0.25, -0.2) is 0 Å². The summed E-state index contributed by atoms with van der Waals surface area (Å²) in [5.74, 6) is -0.0167. The molecule has 0 aromatic rings. The third-order valence-electron chi connectivity index (χ3n) is 3.08. The summed E-state index contributed by atoms with van der Waals surface area (Å²) in [5.41, 5.74) is 0. The first kappa shape index (κ1) is 10.1. The molecule has 4 heteroatoms. The maximum absolute atomic E-state index is 10.9. The molecule has 4 nitrogen and oxygen atoms in total. The van der Waals surface area contributed by atoms with Crippen LogP contribution in [0.5, 0.6) is 0 Å². The SMILES string of the molecule is [CH2]C(=O)CN1CCN2C[C@@H](O)C[C@H]2C1. The number of aliphatic hydroxyl groups is 1. The lowest BCUT2D eigenvalue weighted by atomic mass is 10.1. The number of fused-ring (bicyclic) bond motifs is 1. The van der Waals surface area contributed by atoms with Crippen LogP contribution in [0.1, 0.15) is 6.42 Å². The third kappa shape index (κ3) is 2.13. The van der Waals surface area contributed by atoms with E-state index in [0.29, 0.717) is 12.6 Å². The van der Waals surface area contributed by atoms with E-state index in [4.69, 9.17) is 0 Å². The zero-order valence-electron chi connectivity index (χ0n) is 8.35. The van der Waals surface area contributed by atoms with Gasteiger partial charge in [0, 0.05) is 39.1 Å². The quantitative estimate of drug-likeness (QED) is 0.625. The number of nitrogens with zero attached hydrogens (tertiary/aromatic N) is 2. The van der Waals surface area contributed by atoms with Gasteiger partial charge in [0.25, 0.3) is 0 Å². The van der Waals surface area contributed by atoms with Gasteiger partial charge in [-0.2, -0.15) is 0 Å². The number of hydrogen-bond acceptors (Lipinski definition) is 4. The lowest BCUT2D eigenvalue weighted by Crippen LogP contribution is -2.51. The average molecular weight is 197 g/mol. The monoisotopic (exact) mass is 197 g/mol. The Morgan fingerprint density at radius 3 is 2.93 bits per heavy atom. The maximum Gasteiger partial charge on any atom is 0.147 e. The molecule has 1 N–H and O–H groups in total. The highest BCUT2D eigenvalue weighted by atomic mass is 16.3. The summed E-state index contributed by atoms with van der Waals surface area (Å²) in [6.07, 6.45) is 0.678. The fraction of sp³-hybridized carbons (Fsp3) is 0.800. The van der Waals surface area contributed by atoms with Crippen LogP contribution in [0.15, 0.2) is 0 Å². The molecule has 0 amide bonds. The summed E-state index contributed by atoms with van der Waals surface area (Å²) in [4.78, 5) is 15.3. The minimum Gasteiger partial charge on any atom is -0.392 e. The molecule has 0 saturated carbocycles. The maximum atomic E-state index is 10.9. The van der Waals surface area contributed by atoms with E-state index in [2.05, 4.69) is 16.7 Å². The number of carbonyl (C=O) groups excluding carboxylic acids is 1. The van der Waals surface area contributed by atoms with Crippen LogP contribution in [-0.2, 0) is 4.79 Å². The Hall–Kier alpha value is -0.450. The molecule has 79 valence electrons. The number of ketones is 1. The van der Waals surface area contributed by atoms with Crippen molar-refractivity contribution in [3.63, 3.8) is 0 Å². The van der Waals surface area contributed by atoms with E-state index in [1.165, 1.54) is 0 Å². The predicted octanol–water partition coefficient (Wildman–Crippen LogP) is -0.860. The highest BCUT2D eigenvalue weighted by Crippen LogP contribution is 2.21. The second-order valence-corrected chi connectivity index (χ2v) is 4.31. The Kier molecular flexibility index (Phi) is 2.85. The fourth-order valence-electron chi connectivity index (χ4n) is 2.47. The van der Waals surface area contributed by atoms with E-state index in [1.54, 1.807) is 0 Å². The van der Waals surface area contributed by atoms with Crippen molar-refractivity contribution in [2.45, 2.75) is 18.6 Å². The number of carbonyl (C=O) groups is 1. The van der Waals surface area contributed by atoms with E-state index in [1.807, 2.05) is 0 Å². The lowest BCUT2D eigenvalue weighted by Gasteiger charge is -2.36. The van der Waals surface area contributed by atoms with Crippen molar-refractivity contribution in [1.82, 2.24) is 9.80 Å². The first-order valence-corrected chi connectivity index (χ1v) is 5.14. The van der Waals surface area contributed by atoms with Crippen molar-refractivity contribution in [3.8, 4) is 0 Å². The molecule has 2 aliphatic rings. The molecule has 0 aromatic heterocycles. The van der Waals surface area contributed by atoms with Gasteiger partial charge in [-0.1, -0.05) is 0 Å². The lowest BCUT2D eigenvalue weighted by molar-refractivity contribution is -0.116. The van der Waals surface area contributed by atoms with Crippen molar-refractivity contribution in [3.05, 3.63) is 6.92 Å². The van der Waals surface area contributed by atoms with Gasteiger partial charge in [0.15, 0.2) is 0 Å². The molecule has 14 heavy (non-hydrogen) atoms. The van der Waals surface area contributed by atoms with Crippen LogP contribution in [0.3, 0.4) is 0 Å². The molecule has 2 fully saturated rings. The molecular formula is C10H17N2O2. The Balaban J connectivity index is 1.88. The summed E-state index contributed by atoms with van der Waals surface area (Å²) in [7, 11) is 0. The fourth-order valence-corrected chi connectivity index (χ4v) is 2.47. The Bertz CT molecular complexity index is 232. The normalized spacial score (nSPS) is 34.4. The standard InChI is InChI=1S/C10H17N2O2/c1-8(13)5-11-2-3-12-7-10(14)4-9(12)6-11/h9-10,14H,1-7H2/t9-,10-/m0/s1. The van der Waals surface area contributed by atoms with Crippen molar-refractivity contribution >= 4 is 5.78 Å². The number of aliphatic hydroxyl groups excluding tert-OH is 1. The molecule has 1 radical (unpaired) electrons. The molecule has 2 aliphatic heterocycles. The Labute approximate surface area is 84.5 Å². The highest BCUT2D eigenvalue weighted by Gasteiger charge is 2.35. The molecule has 2 rings (SSSR count). The van der Waals surface area contributed by atoms with Crippen LogP contribution in [0.25, 0.3) is 0 Å². The highest BCUT2D eigenvalue weighted by molar-refractivity contribution is 5.84. The largest absolute Gasteiger partial charge is 0.392 e. The summed E-state index contributed by atoms with van der Waals surface area (Å²) < 4.78 is 0. The van der Waals surface area contributed by atoms with E-state index in [0.717, 1.165) is 32.6 Å². The Morgan fingerprint density at radius 2 is 2.21 bits per heavy atom. The first-order chi connectivity index (χ1) is 6.65. The van der Waals surface area contributed by atoms with Crippen LogP contribution in [0.2, 0.25) is 0 Å². The van der Waals surface area contributed by atoms with Crippen LogP contribution in [0, 0.1) is 6.92 Å². The Morgan fingerprint density at radius 1 is 1.43 bits per heavy atom. The van der Waals surface area contributed by atoms with E-state index >= 15 is 0 Å². The van der Waals surface area contributed by atoms with Gasteiger partial charge in [-0.05, 0) is 6.42 Å². The zero-order valence-corrected chi connectivity index (χ0v) is 8.35. The van der Waals surface area contributed by atoms with Crippen LogP contribution in [0.4, 0.5) is 0 Å². The number of piperazine rings is 1. The summed E-state index contributed by atoms with van der Waals surface area (Å²) in [6, 6.07) is 0.443. The summed E-state index contributed by atoms with van der Waals surface area (Å²) in [5, 5.41) is 9.49. The van der Waals surface area contributed by atoms with Crippen LogP contribution >= 0.6 is 0 Å². The molecule has 2 heterocycles. The van der Waals surface area contributed by atoms with E-state index in [-0.39, 0.29) is 11.9 Å². The van der Waals surface area contributed by atoms with Crippen molar-refractivity contribution in [1.29, 1.82) is 0 Å². The topological polar surface area (TPSA) is 43.8 Å². The van der Waals surface area contributed by atoms with Gasteiger partial charge < -0.3 is 5.11 Å². The molecule has 0 aromatic carbocycles. The first-order valence-electron chi connectivity index (χ1n) is 5.14. The van der Waals surface area contributed by atoms with Crippen molar-refractivity contribution in [2.24, 2.45) is 0 Å². The van der Waals surface area contributed by atoms with Gasteiger partial charge in [0.1, 0.15) is 5.78 Å². The van der Waals surface area contributed by atoms with E-state index < -0.39 is 0 Å². The minimum atomic E-state index is -0.171. The van der Waals surface area contributed by atoms with Crippen molar-refractivity contribution < 1.29 is 9.90 Å². The molecular weight excluding hydrogens is 180 g/mol. The second-order valence-electron chi connectivity index (χ2n) is 4.31. The molecule has 0 unspecified atom stereocenters. The van der Waals surface area contributed by atoms with E-state index in [9.17, 15) is 9.90 Å². The predicted molar refractivity (Wildman–Crippen MR) is 52.8 cm³/mol. The number of Topliss-reactive ketones (excluding diaryl/α,β-unsaturated/α-hetero) is 1. The molecule has 2 atom stereocenters. The third-order valence-corrected chi connectivity index (χ3v) is 3.08. The average Bonchev–Trinajstić information content (AvgIpc) is 2.42. The van der Waals surface area contributed by atoms with Gasteiger partial charge in [-0.3, -0.25) is 14.6 Å². The van der Waals surface area contributed by atoms with Gasteiger partial charge in [0.2, 0.25) is 0 Å². The van der Waals surface area contributed by atoms with Gasteiger partial charge in [-0.15, -0.1) is 0 Å². The van der Waals surface area contributed by atoms with Gasteiger partial charge >= 0.3 is 0 Å². The van der Waals surface area contributed by atoms with Crippen LogP contribution in [-0.4, -0.2) is 65.6 Å². The molecule has 0 bridgehead atoms. The van der Waals surface area contributed by atoms with Gasteiger partial charge in [0.05, 0.1) is 12.6 Å². The zero-order chi connectivity index (χ0) is 10.1. The minimum absolute atomic E-state index is 0.0167. The number of rotatable bonds is 2. The smallest absolute Gasteiger partial charge is 0.147 e. The summed E-state index contributed by atoms with van der Waals surface area (Å²) >= 11 is 0. The molecule has 2 saturated heterocycles. The second kappa shape index (κ2) is 3.96. The molecule has 0 aliphatic carbocycles. The van der Waals surface area contributed by atoms with Crippen LogP contribution < -0.4 is 0 Å². The van der Waals surface area contributed by atoms with Crippen molar-refractivity contribution in [2.75, 3.05) is 32.7 Å². The molecule has 0 spiro atoms. The summed E-state index contributed by atoms with van der Waals surface area (Å²) in [6.45, 7) is 7.44.